The minimum absolute atomic E-state index is 0.0866. The molecule has 28 heavy (non-hydrogen) atoms. The number of hydrogen-bond acceptors (Lipinski definition) is 6. The molecular weight excluding hydrogens is 409 g/mol. The van der Waals surface area contributed by atoms with Crippen molar-refractivity contribution in [1.29, 1.82) is 0 Å². The lowest BCUT2D eigenvalue weighted by Crippen LogP contribution is -2.15. The van der Waals surface area contributed by atoms with E-state index in [-0.39, 0.29) is 5.75 Å². The summed E-state index contributed by atoms with van der Waals surface area (Å²) in [6.45, 7) is 4.03. The summed E-state index contributed by atoms with van der Waals surface area (Å²) in [4.78, 5) is 11.9. The van der Waals surface area contributed by atoms with E-state index in [0.29, 0.717) is 9.47 Å². The zero-order chi connectivity index (χ0) is 20.3. The molecule has 3 rings (SSSR count). The summed E-state index contributed by atoms with van der Waals surface area (Å²) in [7, 11) is 0. The number of rotatable bonds is 6. The first-order valence-electron chi connectivity index (χ1n) is 8.07. The molecule has 10 heteroatoms. The van der Waals surface area contributed by atoms with Crippen LogP contribution in [-0.2, 0) is 4.79 Å². The highest BCUT2D eigenvalue weighted by molar-refractivity contribution is 8.01. The van der Waals surface area contributed by atoms with Crippen molar-refractivity contribution in [3.8, 4) is 0 Å². The summed E-state index contributed by atoms with van der Waals surface area (Å²) >= 11 is 2.36. The number of anilines is 3. The molecule has 0 aliphatic carbocycles. The maximum atomic E-state index is 13.6. The molecule has 5 nitrogen and oxygen atoms in total. The fourth-order valence-corrected chi connectivity index (χ4v) is 3.77. The number of aryl methyl sites for hydroxylation is 2. The van der Waals surface area contributed by atoms with Crippen molar-refractivity contribution >= 4 is 45.5 Å². The van der Waals surface area contributed by atoms with Crippen LogP contribution in [0.15, 0.2) is 34.7 Å². The van der Waals surface area contributed by atoms with Crippen molar-refractivity contribution in [2.45, 2.75) is 18.2 Å². The van der Waals surface area contributed by atoms with Crippen LogP contribution in [0.5, 0.6) is 0 Å². The first-order valence-corrected chi connectivity index (χ1v) is 9.87. The number of amides is 1. The fourth-order valence-electron chi connectivity index (χ4n) is 2.20. The Morgan fingerprint density at radius 1 is 1.07 bits per heavy atom. The van der Waals surface area contributed by atoms with Crippen molar-refractivity contribution in [2.24, 2.45) is 0 Å². The SMILES string of the molecule is Cc1ccc(Nc2nnc(SCC(=O)Nc3ccc(F)c(F)c3F)s2)cc1C. The van der Waals surface area contributed by atoms with E-state index in [2.05, 4.69) is 20.8 Å². The van der Waals surface area contributed by atoms with Crippen LogP contribution in [0.4, 0.5) is 29.7 Å². The number of halogens is 3. The summed E-state index contributed by atoms with van der Waals surface area (Å²) in [5.41, 5.74) is 2.79. The molecular formula is C18H15F3N4OS2. The number of nitrogens with one attached hydrogen (secondary N) is 2. The minimum atomic E-state index is -1.63. The van der Waals surface area contributed by atoms with Gasteiger partial charge in [-0.05, 0) is 49.2 Å². The van der Waals surface area contributed by atoms with Gasteiger partial charge >= 0.3 is 0 Å². The lowest BCUT2D eigenvalue weighted by Gasteiger charge is -2.06. The molecule has 1 aromatic heterocycles. The molecule has 0 fully saturated rings. The number of carbonyl (C=O) groups is 1. The van der Waals surface area contributed by atoms with Crippen LogP contribution >= 0.6 is 23.1 Å². The van der Waals surface area contributed by atoms with Gasteiger partial charge in [-0.25, -0.2) is 13.2 Å². The van der Waals surface area contributed by atoms with Crippen molar-refractivity contribution in [3.05, 3.63) is 58.9 Å². The third-order valence-corrected chi connectivity index (χ3v) is 5.77. The Morgan fingerprint density at radius 3 is 2.61 bits per heavy atom. The Labute approximate surface area is 167 Å². The highest BCUT2D eigenvalue weighted by Crippen LogP contribution is 2.28. The zero-order valence-electron chi connectivity index (χ0n) is 14.8. The molecule has 0 aliphatic heterocycles. The molecule has 0 bridgehead atoms. The molecule has 0 spiro atoms. The normalized spacial score (nSPS) is 10.8. The van der Waals surface area contributed by atoms with E-state index >= 15 is 0 Å². The second kappa shape index (κ2) is 8.61. The zero-order valence-corrected chi connectivity index (χ0v) is 16.5. The van der Waals surface area contributed by atoms with Gasteiger partial charge in [-0.1, -0.05) is 29.2 Å². The van der Waals surface area contributed by atoms with E-state index in [0.717, 1.165) is 35.1 Å². The smallest absolute Gasteiger partial charge is 0.234 e. The van der Waals surface area contributed by atoms with Gasteiger partial charge in [0.05, 0.1) is 11.4 Å². The monoisotopic (exact) mass is 424 g/mol. The molecule has 0 unspecified atom stereocenters. The molecule has 0 saturated heterocycles. The Balaban J connectivity index is 1.56. The van der Waals surface area contributed by atoms with E-state index in [1.165, 1.54) is 16.9 Å². The standard InChI is InChI=1S/C18H15F3N4OS2/c1-9-3-4-11(7-10(9)2)22-17-24-25-18(28-17)27-8-14(26)23-13-6-5-12(19)15(20)16(13)21/h3-7H,8H2,1-2H3,(H,22,24)(H,23,26). The molecule has 0 atom stereocenters. The Bertz CT molecular complexity index is 1030. The van der Waals surface area contributed by atoms with Crippen LogP contribution in [0.2, 0.25) is 0 Å². The third kappa shape index (κ3) is 4.82. The largest absolute Gasteiger partial charge is 0.330 e. The fraction of sp³-hybridized carbons (Fsp3) is 0.167. The number of thioether (sulfide) groups is 1. The summed E-state index contributed by atoms with van der Waals surface area (Å²) in [5.74, 6) is -5.04. The summed E-state index contributed by atoms with van der Waals surface area (Å²) < 4.78 is 40.2. The predicted octanol–water partition coefficient (Wildman–Crippen LogP) is 5.05. The molecule has 0 aliphatic rings. The van der Waals surface area contributed by atoms with Gasteiger partial charge in [-0.3, -0.25) is 4.79 Å². The van der Waals surface area contributed by atoms with Crippen LogP contribution in [-0.4, -0.2) is 21.9 Å². The van der Waals surface area contributed by atoms with Crippen LogP contribution < -0.4 is 10.6 Å². The van der Waals surface area contributed by atoms with E-state index in [9.17, 15) is 18.0 Å². The summed E-state index contributed by atoms with van der Waals surface area (Å²) in [5, 5.41) is 13.9. The lowest BCUT2D eigenvalue weighted by molar-refractivity contribution is -0.113. The molecule has 1 heterocycles. The van der Waals surface area contributed by atoms with E-state index < -0.39 is 29.0 Å². The van der Waals surface area contributed by atoms with Crippen molar-refractivity contribution in [1.82, 2.24) is 10.2 Å². The maximum Gasteiger partial charge on any atom is 0.234 e. The van der Waals surface area contributed by atoms with E-state index in [4.69, 9.17) is 0 Å². The van der Waals surface area contributed by atoms with Crippen LogP contribution in [0, 0.1) is 31.3 Å². The predicted molar refractivity (Wildman–Crippen MR) is 105 cm³/mol. The highest BCUT2D eigenvalue weighted by atomic mass is 32.2. The molecule has 0 radical (unpaired) electrons. The van der Waals surface area contributed by atoms with Gasteiger partial charge < -0.3 is 10.6 Å². The maximum absolute atomic E-state index is 13.6. The van der Waals surface area contributed by atoms with Crippen molar-refractivity contribution in [2.75, 3.05) is 16.4 Å². The van der Waals surface area contributed by atoms with Crippen LogP contribution in [0.3, 0.4) is 0 Å². The Morgan fingerprint density at radius 2 is 1.86 bits per heavy atom. The third-order valence-electron chi connectivity index (χ3n) is 3.80. The second-order valence-corrected chi connectivity index (χ2v) is 8.06. The van der Waals surface area contributed by atoms with Gasteiger partial charge in [-0.15, -0.1) is 10.2 Å². The number of aromatic nitrogens is 2. The molecule has 0 saturated carbocycles. The highest BCUT2D eigenvalue weighted by Gasteiger charge is 2.16. The molecule has 146 valence electrons. The average Bonchev–Trinajstić information content (AvgIpc) is 3.11. The first kappa shape index (κ1) is 20.2. The minimum Gasteiger partial charge on any atom is -0.330 e. The number of carbonyl (C=O) groups excluding carboxylic acids is 1. The quantitative estimate of drug-likeness (QED) is 0.428. The van der Waals surface area contributed by atoms with Crippen LogP contribution in [0.25, 0.3) is 0 Å². The number of benzene rings is 2. The van der Waals surface area contributed by atoms with Gasteiger partial charge in [0.25, 0.3) is 0 Å². The van der Waals surface area contributed by atoms with Gasteiger partial charge in [0.2, 0.25) is 11.0 Å². The molecule has 3 aromatic rings. The van der Waals surface area contributed by atoms with Gasteiger partial charge in [0.1, 0.15) is 0 Å². The Hall–Kier alpha value is -2.59. The summed E-state index contributed by atoms with van der Waals surface area (Å²) in [6.07, 6.45) is 0. The Kier molecular flexibility index (Phi) is 6.20. The number of hydrogen-bond donors (Lipinski definition) is 2. The first-order chi connectivity index (χ1) is 13.3. The van der Waals surface area contributed by atoms with Crippen molar-refractivity contribution < 1.29 is 18.0 Å². The van der Waals surface area contributed by atoms with Crippen LogP contribution in [0.1, 0.15) is 11.1 Å². The average molecular weight is 424 g/mol. The summed E-state index contributed by atoms with van der Waals surface area (Å²) in [6, 6.07) is 7.63. The topological polar surface area (TPSA) is 66.9 Å². The van der Waals surface area contributed by atoms with Gasteiger partial charge in [-0.2, -0.15) is 0 Å². The molecule has 2 aromatic carbocycles. The lowest BCUT2D eigenvalue weighted by atomic mass is 10.1. The van der Waals surface area contributed by atoms with Gasteiger partial charge in [0, 0.05) is 5.69 Å². The van der Waals surface area contributed by atoms with E-state index in [1.54, 1.807) is 0 Å². The van der Waals surface area contributed by atoms with E-state index in [1.807, 2.05) is 32.0 Å². The molecule has 2 N–H and O–H groups in total. The number of nitrogens with zero attached hydrogens (tertiary/aromatic N) is 2. The molecule has 1 amide bonds. The van der Waals surface area contributed by atoms with Gasteiger partial charge in [0.15, 0.2) is 21.8 Å². The second-order valence-electron chi connectivity index (χ2n) is 5.86. The van der Waals surface area contributed by atoms with Crippen molar-refractivity contribution in [3.63, 3.8) is 0 Å².